The summed E-state index contributed by atoms with van der Waals surface area (Å²) in [6.07, 6.45) is 5.75. The minimum absolute atomic E-state index is 0.237. The fourth-order valence-electron chi connectivity index (χ4n) is 2.45. The Balaban J connectivity index is 2.05. The summed E-state index contributed by atoms with van der Waals surface area (Å²) in [5, 5.41) is 1.76. The van der Waals surface area contributed by atoms with E-state index >= 15 is 0 Å². The highest BCUT2D eigenvalue weighted by Crippen LogP contribution is 2.25. The number of carbonyl (C=O) groups excluding carboxylic acids is 1. The van der Waals surface area contributed by atoms with Gasteiger partial charge in [0.1, 0.15) is 0 Å². The van der Waals surface area contributed by atoms with Gasteiger partial charge in [-0.15, -0.1) is 0 Å². The van der Waals surface area contributed by atoms with E-state index in [0.29, 0.717) is 0 Å². The largest absolute Gasteiger partial charge is 0.369 e. The summed E-state index contributed by atoms with van der Waals surface area (Å²) < 4.78 is 0. The number of amides is 1. The number of fused-ring (bicyclic) bond motifs is 1. The number of thioether (sulfide) groups is 1. The number of primary amides is 1. The van der Waals surface area contributed by atoms with Crippen molar-refractivity contribution >= 4 is 28.6 Å². The maximum atomic E-state index is 11.1. The molecule has 2 aromatic heterocycles. The lowest BCUT2D eigenvalue weighted by molar-refractivity contribution is -0.117. The summed E-state index contributed by atoms with van der Waals surface area (Å²) in [4.78, 5) is 24.3. The zero-order valence-electron chi connectivity index (χ0n) is 12.9. The van der Waals surface area contributed by atoms with Crippen molar-refractivity contribution in [1.29, 1.82) is 0 Å². The van der Waals surface area contributed by atoms with Gasteiger partial charge in [0.05, 0.1) is 17.6 Å². The fraction of sp³-hybridized carbons (Fsp3) is 0.176. The van der Waals surface area contributed by atoms with Crippen molar-refractivity contribution in [2.45, 2.75) is 18.5 Å². The minimum Gasteiger partial charge on any atom is -0.369 e. The first-order chi connectivity index (χ1) is 11.1. The van der Waals surface area contributed by atoms with Gasteiger partial charge in [0.25, 0.3) is 0 Å². The Labute approximate surface area is 138 Å². The molecule has 0 aliphatic carbocycles. The molecule has 2 N–H and O–H groups in total. The van der Waals surface area contributed by atoms with Crippen molar-refractivity contribution in [2.24, 2.45) is 5.73 Å². The molecule has 2 heterocycles. The predicted octanol–water partition coefficient (Wildman–Crippen LogP) is 2.75. The third-order valence-corrected chi connectivity index (χ3v) is 4.14. The number of hydrogen-bond donors (Lipinski definition) is 1. The molecule has 3 rings (SSSR count). The van der Waals surface area contributed by atoms with Crippen molar-refractivity contribution < 1.29 is 4.79 Å². The number of aryl methyl sites for hydroxylation is 1. The highest BCUT2D eigenvalue weighted by molar-refractivity contribution is 7.98. The normalized spacial score (nSPS) is 10.9. The first kappa shape index (κ1) is 15.4. The molecule has 0 radical (unpaired) electrons. The molecule has 1 amide bonds. The lowest BCUT2D eigenvalue weighted by Gasteiger charge is -2.08. The molecule has 0 fully saturated rings. The zero-order chi connectivity index (χ0) is 16.4. The van der Waals surface area contributed by atoms with E-state index in [9.17, 15) is 4.79 Å². The van der Waals surface area contributed by atoms with Crippen molar-refractivity contribution in [1.82, 2.24) is 15.0 Å². The molecule has 0 bridgehead atoms. The summed E-state index contributed by atoms with van der Waals surface area (Å²) in [6, 6.07) is 7.78. The highest BCUT2D eigenvalue weighted by Gasteiger charge is 2.08. The van der Waals surface area contributed by atoms with Gasteiger partial charge in [0.2, 0.25) is 5.91 Å². The molecule has 3 aromatic rings. The van der Waals surface area contributed by atoms with Crippen LogP contribution in [0.5, 0.6) is 0 Å². The number of nitrogens with two attached hydrogens (primary N) is 1. The Morgan fingerprint density at radius 3 is 2.61 bits per heavy atom. The first-order valence-electron chi connectivity index (χ1n) is 7.12. The van der Waals surface area contributed by atoms with Gasteiger partial charge in [-0.25, -0.2) is 15.0 Å². The van der Waals surface area contributed by atoms with Crippen molar-refractivity contribution in [3.05, 3.63) is 47.8 Å². The first-order valence-corrected chi connectivity index (χ1v) is 8.34. The maximum absolute atomic E-state index is 11.1. The number of benzene rings is 1. The SMILES string of the molecule is CSc1ncc(-c2cc(C)c3cc(CC(N)=O)ccc3n2)cn1. The molecule has 5 nitrogen and oxygen atoms in total. The minimum atomic E-state index is -0.336. The molecule has 0 saturated heterocycles. The van der Waals surface area contributed by atoms with Crippen LogP contribution in [0, 0.1) is 6.92 Å². The summed E-state index contributed by atoms with van der Waals surface area (Å²) >= 11 is 1.50. The summed E-state index contributed by atoms with van der Waals surface area (Å²) in [6.45, 7) is 2.03. The Hall–Kier alpha value is -2.47. The molecule has 0 aliphatic heterocycles. The molecule has 23 heavy (non-hydrogen) atoms. The van der Waals surface area contributed by atoms with Crippen LogP contribution >= 0.6 is 11.8 Å². The number of pyridine rings is 1. The van der Waals surface area contributed by atoms with Crippen LogP contribution in [0.2, 0.25) is 0 Å². The second-order valence-corrected chi connectivity index (χ2v) is 6.05. The number of rotatable bonds is 4. The zero-order valence-corrected chi connectivity index (χ0v) is 13.7. The van der Waals surface area contributed by atoms with Crippen LogP contribution in [0.3, 0.4) is 0 Å². The van der Waals surface area contributed by atoms with Crippen LogP contribution in [0.25, 0.3) is 22.2 Å². The average molecular weight is 324 g/mol. The lowest BCUT2D eigenvalue weighted by Crippen LogP contribution is -2.13. The molecule has 0 saturated carbocycles. The van der Waals surface area contributed by atoms with Gasteiger partial charge >= 0.3 is 0 Å². The van der Waals surface area contributed by atoms with Crippen LogP contribution < -0.4 is 5.73 Å². The Morgan fingerprint density at radius 1 is 1.22 bits per heavy atom. The van der Waals surface area contributed by atoms with Crippen molar-refractivity contribution in [3.8, 4) is 11.3 Å². The van der Waals surface area contributed by atoms with Crippen LogP contribution in [-0.4, -0.2) is 27.1 Å². The summed E-state index contributed by atoms with van der Waals surface area (Å²) in [5.41, 5.74) is 9.85. The molecule has 116 valence electrons. The van der Waals surface area contributed by atoms with E-state index in [1.165, 1.54) is 11.8 Å². The van der Waals surface area contributed by atoms with Crippen LogP contribution in [0.1, 0.15) is 11.1 Å². The van der Waals surface area contributed by atoms with Crippen molar-refractivity contribution in [2.75, 3.05) is 6.26 Å². The molecular formula is C17H16N4OS. The molecule has 0 unspecified atom stereocenters. The topological polar surface area (TPSA) is 81.8 Å². The van der Waals surface area contributed by atoms with Crippen molar-refractivity contribution in [3.63, 3.8) is 0 Å². The van der Waals surface area contributed by atoms with E-state index in [4.69, 9.17) is 5.73 Å². The lowest BCUT2D eigenvalue weighted by atomic mass is 10.0. The number of carbonyl (C=O) groups is 1. The third kappa shape index (κ3) is 3.32. The maximum Gasteiger partial charge on any atom is 0.221 e. The smallest absolute Gasteiger partial charge is 0.221 e. The number of nitrogens with zero attached hydrogens (tertiary/aromatic N) is 3. The highest BCUT2D eigenvalue weighted by atomic mass is 32.2. The Bertz CT molecular complexity index is 878. The summed E-state index contributed by atoms with van der Waals surface area (Å²) in [5.74, 6) is -0.336. The average Bonchev–Trinajstić information content (AvgIpc) is 2.55. The van der Waals surface area contributed by atoms with E-state index < -0.39 is 0 Å². The molecule has 0 spiro atoms. The van der Waals surface area contributed by atoms with Crippen LogP contribution in [-0.2, 0) is 11.2 Å². The molecular weight excluding hydrogens is 308 g/mol. The second-order valence-electron chi connectivity index (χ2n) is 5.28. The van der Waals surface area contributed by atoms with Gasteiger partial charge in [0, 0.05) is 23.3 Å². The van der Waals surface area contributed by atoms with Gasteiger partial charge in [-0.2, -0.15) is 0 Å². The molecule has 1 aromatic carbocycles. The van der Waals surface area contributed by atoms with E-state index in [0.717, 1.165) is 38.4 Å². The third-order valence-electron chi connectivity index (χ3n) is 3.56. The van der Waals surface area contributed by atoms with Gasteiger partial charge in [-0.1, -0.05) is 17.8 Å². The number of aromatic nitrogens is 3. The fourth-order valence-corrected chi connectivity index (χ4v) is 2.77. The van der Waals surface area contributed by atoms with E-state index in [2.05, 4.69) is 15.0 Å². The molecule has 6 heteroatoms. The molecule has 0 atom stereocenters. The Kier molecular flexibility index (Phi) is 4.25. The predicted molar refractivity (Wildman–Crippen MR) is 92.2 cm³/mol. The van der Waals surface area contributed by atoms with Crippen LogP contribution in [0.15, 0.2) is 41.8 Å². The van der Waals surface area contributed by atoms with Gasteiger partial charge < -0.3 is 5.73 Å². The monoisotopic (exact) mass is 324 g/mol. The van der Waals surface area contributed by atoms with Crippen LogP contribution in [0.4, 0.5) is 0 Å². The van der Waals surface area contributed by atoms with Gasteiger partial charge in [0.15, 0.2) is 5.16 Å². The summed E-state index contributed by atoms with van der Waals surface area (Å²) in [7, 11) is 0. The standard InChI is InChI=1S/C17H16N4OS/c1-10-5-15(12-8-19-17(23-2)20-9-12)21-14-4-3-11(6-13(10)14)7-16(18)22/h3-6,8-9H,7H2,1-2H3,(H2,18,22). The Morgan fingerprint density at radius 2 is 1.96 bits per heavy atom. The molecule has 0 aliphatic rings. The number of hydrogen-bond acceptors (Lipinski definition) is 5. The van der Waals surface area contributed by atoms with E-state index in [-0.39, 0.29) is 12.3 Å². The van der Waals surface area contributed by atoms with E-state index in [1.54, 1.807) is 12.4 Å². The van der Waals surface area contributed by atoms with E-state index in [1.807, 2.05) is 37.4 Å². The van der Waals surface area contributed by atoms with Gasteiger partial charge in [-0.3, -0.25) is 4.79 Å². The quantitative estimate of drug-likeness (QED) is 0.589. The van der Waals surface area contributed by atoms with Gasteiger partial charge in [-0.05, 0) is 42.5 Å². The second kappa shape index (κ2) is 6.34.